The molecule has 0 saturated heterocycles. The van der Waals surface area contributed by atoms with Crippen molar-refractivity contribution in [1.29, 1.82) is 0 Å². The third kappa shape index (κ3) is 1.18. The standard InChI is InChI=1S/C8H9BrN2O2/c1-11-7(9)6-4(8(12)13)2-3-5(6)10-11/h4H,2-3H2,1H3,(H,12,13). The summed E-state index contributed by atoms with van der Waals surface area (Å²) in [6.07, 6.45) is 1.44. The number of hydrogen-bond acceptors (Lipinski definition) is 2. The van der Waals surface area contributed by atoms with Crippen molar-refractivity contribution in [3.05, 3.63) is 15.9 Å². The molecule has 1 aromatic rings. The second-order valence-electron chi connectivity index (χ2n) is 3.20. The number of halogens is 1. The van der Waals surface area contributed by atoms with Crippen molar-refractivity contribution in [3.8, 4) is 0 Å². The number of nitrogens with zero attached hydrogens (tertiary/aromatic N) is 2. The monoisotopic (exact) mass is 244 g/mol. The predicted molar refractivity (Wildman–Crippen MR) is 49.6 cm³/mol. The Morgan fingerprint density at radius 1 is 1.77 bits per heavy atom. The third-order valence-electron chi connectivity index (χ3n) is 2.40. The molecule has 70 valence electrons. The number of rotatable bonds is 1. The van der Waals surface area contributed by atoms with Gasteiger partial charge in [0.05, 0.1) is 11.6 Å². The number of carboxylic acid groups (broad SMARTS) is 1. The molecular formula is C8H9BrN2O2. The SMILES string of the molecule is Cn1nc2c(c1Br)C(C(=O)O)CC2. The lowest BCUT2D eigenvalue weighted by Gasteiger charge is -2.03. The smallest absolute Gasteiger partial charge is 0.311 e. The summed E-state index contributed by atoms with van der Waals surface area (Å²) in [7, 11) is 1.81. The highest BCUT2D eigenvalue weighted by molar-refractivity contribution is 9.10. The Morgan fingerprint density at radius 3 is 3.08 bits per heavy atom. The van der Waals surface area contributed by atoms with Gasteiger partial charge >= 0.3 is 5.97 Å². The number of aliphatic carboxylic acids is 1. The highest BCUT2D eigenvalue weighted by Gasteiger charge is 2.33. The van der Waals surface area contributed by atoms with Crippen molar-refractivity contribution in [1.82, 2.24) is 9.78 Å². The first-order valence-electron chi connectivity index (χ1n) is 4.05. The molecule has 0 amide bonds. The average Bonchev–Trinajstić information content (AvgIpc) is 2.55. The van der Waals surface area contributed by atoms with Crippen LogP contribution in [0.5, 0.6) is 0 Å². The van der Waals surface area contributed by atoms with E-state index in [9.17, 15) is 4.79 Å². The van der Waals surface area contributed by atoms with Crippen LogP contribution in [-0.4, -0.2) is 20.9 Å². The molecule has 2 rings (SSSR count). The van der Waals surface area contributed by atoms with Crippen molar-refractivity contribution in [2.24, 2.45) is 7.05 Å². The summed E-state index contributed by atoms with van der Waals surface area (Å²) >= 11 is 3.35. The minimum atomic E-state index is -0.757. The van der Waals surface area contributed by atoms with Crippen LogP contribution in [0.15, 0.2) is 4.60 Å². The van der Waals surface area contributed by atoms with Crippen molar-refractivity contribution >= 4 is 21.9 Å². The molecule has 0 fully saturated rings. The van der Waals surface area contributed by atoms with Crippen LogP contribution in [0.25, 0.3) is 0 Å². The second-order valence-corrected chi connectivity index (χ2v) is 3.96. The largest absolute Gasteiger partial charge is 0.481 e. The van der Waals surface area contributed by atoms with E-state index in [2.05, 4.69) is 21.0 Å². The molecule has 1 N–H and O–H groups in total. The van der Waals surface area contributed by atoms with Crippen LogP contribution in [0, 0.1) is 0 Å². The number of fused-ring (bicyclic) bond motifs is 1. The second kappa shape index (κ2) is 2.83. The number of carboxylic acids is 1. The van der Waals surface area contributed by atoms with Gasteiger partial charge in [0.2, 0.25) is 0 Å². The molecule has 1 aromatic heterocycles. The number of carbonyl (C=O) groups is 1. The van der Waals surface area contributed by atoms with Gasteiger partial charge in [-0.2, -0.15) is 5.10 Å². The van der Waals surface area contributed by atoms with Gasteiger partial charge in [0.15, 0.2) is 0 Å². The Kier molecular flexibility index (Phi) is 1.91. The lowest BCUT2D eigenvalue weighted by Crippen LogP contribution is -2.08. The van der Waals surface area contributed by atoms with Crippen LogP contribution in [0.3, 0.4) is 0 Å². The predicted octanol–water partition coefficient (Wildman–Crippen LogP) is 1.30. The topological polar surface area (TPSA) is 55.1 Å². The van der Waals surface area contributed by atoms with E-state index in [0.29, 0.717) is 6.42 Å². The zero-order chi connectivity index (χ0) is 9.59. The summed E-state index contributed by atoms with van der Waals surface area (Å²) in [5.74, 6) is -1.13. The van der Waals surface area contributed by atoms with E-state index in [4.69, 9.17) is 5.11 Å². The van der Waals surface area contributed by atoms with Gasteiger partial charge in [-0.25, -0.2) is 0 Å². The van der Waals surface area contributed by atoms with Crippen LogP contribution in [0.4, 0.5) is 0 Å². The summed E-state index contributed by atoms with van der Waals surface area (Å²) < 4.78 is 2.48. The molecule has 0 spiro atoms. The van der Waals surface area contributed by atoms with Gasteiger partial charge in [-0.15, -0.1) is 0 Å². The van der Waals surface area contributed by atoms with Crippen molar-refractivity contribution in [2.45, 2.75) is 18.8 Å². The summed E-state index contributed by atoms with van der Waals surface area (Å²) in [5.41, 5.74) is 1.77. The molecule has 0 bridgehead atoms. The number of aryl methyl sites for hydroxylation is 2. The first-order valence-corrected chi connectivity index (χ1v) is 4.84. The highest BCUT2D eigenvalue weighted by atomic mass is 79.9. The number of hydrogen-bond donors (Lipinski definition) is 1. The highest BCUT2D eigenvalue weighted by Crippen LogP contribution is 2.37. The molecule has 1 heterocycles. The summed E-state index contributed by atoms with van der Waals surface area (Å²) in [4.78, 5) is 10.9. The lowest BCUT2D eigenvalue weighted by atomic mass is 10.1. The quantitative estimate of drug-likeness (QED) is 0.811. The fourth-order valence-electron chi connectivity index (χ4n) is 1.77. The minimum absolute atomic E-state index is 0.377. The maximum atomic E-state index is 10.9. The van der Waals surface area contributed by atoms with Crippen LogP contribution >= 0.6 is 15.9 Å². The van der Waals surface area contributed by atoms with E-state index in [-0.39, 0.29) is 5.92 Å². The molecule has 4 nitrogen and oxygen atoms in total. The van der Waals surface area contributed by atoms with Crippen molar-refractivity contribution in [3.63, 3.8) is 0 Å². The van der Waals surface area contributed by atoms with Gasteiger partial charge in [0.25, 0.3) is 0 Å². The molecule has 5 heteroatoms. The van der Waals surface area contributed by atoms with Gasteiger partial charge in [-0.1, -0.05) is 0 Å². The minimum Gasteiger partial charge on any atom is -0.481 e. The first kappa shape index (κ1) is 8.74. The lowest BCUT2D eigenvalue weighted by molar-refractivity contribution is -0.138. The van der Waals surface area contributed by atoms with Crippen LogP contribution < -0.4 is 0 Å². The van der Waals surface area contributed by atoms with Crippen LogP contribution in [0.2, 0.25) is 0 Å². The summed E-state index contributed by atoms with van der Waals surface area (Å²) in [6, 6.07) is 0. The fraction of sp³-hybridized carbons (Fsp3) is 0.500. The van der Waals surface area contributed by atoms with Gasteiger partial charge in [0.1, 0.15) is 4.60 Å². The maximum absolute atomic E-state index is 10.9. The molecule has 1 aliphatic carbocycles. The first-order chi connectivity index (χ1) is 6.11. The van der Waals surface area contributed by atoms with Gasteiger partial charge in [0, 0.05) is 12.6 Å². The molecule has 1 aliphatic rings. The van der Waals surface area contributed by atoms with E-state index in [1.54, 1.807) is 11.7 Å². The normalized spacial score (nSPS) is 20.3. The Balaban J connectivity index is 2.51. The van der Waals surface area contributed by atoms with E-state index in [1.165, 1.54) is 0 Å². The number of aromatic nitrogens is 2. The fourth-order valence-corrected chi connectivity index (χ4v) is 2.36. The zero-order valence-corrected chi connectivity index (χ0v) is 8.71. The Labute approximate surface area is 83.7 Å². The van der Waals surface area contributed by atoms with Gasteiger partial charge in [-0.3, -0.25) is 9.48 Å². The van der Waals surface area contributed by atoms with E-state index < -0.39 is 5.97 Å². The molecule has 0 aromatic carbocycles. The maximum Gasteiger partial charge on any atom is 0.311 e. The Bertz CT molecular complexity index is 372. The molecule has 13 heavy (non-hydrogen) atoms. The Hall–Kier alpha value is -0.840. The molecule has 0 aliphatic heterocycles. The van der Waals surface area contributed by atoms with E-state index in [1.807, 2.05) is 0 Å². The molecule has 1 atom stereocenters. The Morgan fingerprint density at radius 2 is 2.46 bits per heavy atom. The van der Waals surface area contributed by atoms with Crippen molar-refractivity contribution < 1.29 is 9.90 Å². The summed E-state index contributed by atoms with van der Waals surface area (Å²) in [6.45, 7) is 0. The molecule has 0 radical (unpaired) electrons. The van der Waals surface area contributed by atoms with E-state index >= 15 is 0 Å². The average molecular weight is 245 g/mol. The zero-order valence-electron chi connectivity index (χ0n) is 7.12. The molecule has 0 saturated carbocycles. The van der Waals surface area contributed by atoms with Crippen LogP contribution in [-0.2, 0) is 18.3 Å². The van der Waals surface area contributed by atoms with Crippen molar-refractivity contribution in [2.75, 3.05) is 0 Å². The molecule has 1 unspecified atom stereocenters. The van der Waals surface area contributed by atoms with Crippen LogP contribution in [0.1, 0.15) is 23.6 Å². The van der Waals surface area contributed by atoms with Gasteiger partial charge in [-0.05, 0) is 28.8 Å². The van der Waals surface area contributed by atoms with Gasteiger partial charge < -0.3 is 5.11 Å². The van der Waals surface area contributed by atoms with E-state index in [0.717, 1.165) is 22.3 Å². The summed E-state index contributed by atoms with van der Waals surface area (Å²) in [5, 5.41) is 13.2. The molecular weight excluding hydrogens is 236 g/mol. The third-order valence-corrected chi connectivity index (χ3v) is 3.34.